The molecule has 0 fully saturated rings. The van der Waals surface area contributed by atoms with Crippen molar-refractivity contribution in [2.75, 3.05) is 6.54 Å². The van der Waals surface area contributed by atoms with Gasteiger partial charge in [0.05, 0.1) is 0 Å². The molecule has 3 N–H and O–H groups in total. The summed E-state index contributed by atoms with van der Waals surface area (Å²) >= 11 is 0. The van der Waals surface area contributed by atoms with Gasteiger partial charge in [-0.05, 0) is 39.7 Å². The van der Waals surface area contributed by atoms with E-state index in [0.29, 0.717) is 13.0 Å². The summed E-state index contributed by atoms with van der Waals surface area (Å²) in [7, 11) is 0. The molecule has 0 saturated carbocycles. The number of nitrogens with two attached hydrogens (primary N) is 1. The fourth-order valence-corrected chi connectivity index (χ4v) is 1.24. The van der Waals surface area contributed by atoms with E-state index in [2.05, 4.69) is 11.9 Å². The number of hydrogen-bond acceptors (Lipinski definition) is 3. The molecule has 1 amide bonds. The monoisotopic (exact) mass is 266 g/mol. The first-order chi connectivity index (χ1) is 8.76. The standard InChI is InChI=1S/C15H26N2O2/c1-6-7-8-9-12(2)13(16)10-11-17-14(18)19-15(3,4)5/h6-9,13H,2,10-11,16H2,1,3-5H3,(H,17,18)/b7-6-,9-8-. The molecule has 0 aliphatic heterocycles. The van der Waals surface area contributed by atoms with E-state index in [1.807, 2.05) is 52.0 Å². The van der Waals surface area contributed by atoms with E-state index in [4.69, 9.17) is 10.5 Å². The van der Waals surface area contributed by atoms with Gasteiger partial charge in [0, 0.05) is 12.6 Å². The van der Waals surface area contributed by atoms with Crippen LogP contribution in [0.4, 0.5) is 4.79 Å². The lowest BCUT2D eigenvalue weighted by atomic mass is 10.1. The molecule has 0 aliphatic rings. The van der Waals surface area contributed by atoms with Crippen LogP contribution in [0.5, 0.6) is 0 Å². The van der Waals surface area contributed by atoms with Crippen molar-refractivity contribution in [3.05, 3.63) is 36.5 Å². The third kappa shape index (κ3) is 10.1. The number of ether oxygens (including phenoxy) is 1. The van der Waals surface area contributed by atoms with Crippen molar-refractivity contribution in [1.29, 1.82) is 0 Å². The van der Waals surface area contributed by atoms with Crippen molar-refractivity contribution in [2.24, 2.45) is 5.73 Å². The van der Waals surface area contributed by atoms with Gasteiger partial charge < -0.3 is 15.8 Å². The van der Waals surface area contributed by atoms with Crippen molar-refractivity contribution in [3.8, 4) is 0 Å². The Balaban J connectivity index is 3.94. The molecule has 0 spiro atoms. The summed E-state index contributed by atoms with van der Waals surface area (Å²) in [4.78, 5) is 11.4. The van der Waals surface area contributed by atoms with E-state index in [1.165, 1.54) is 0 Å². The number of rotatable bonds is 6. The van der Waals surface area contributed by atoms with Crippen LogP contribution < -0.4 is 11.1 Å². The molecule has 0 aromatic carbocycles. The summed E-state index contributed by atoms with van der Waals surface area (Å²) in [5.74, 6) is 0. The predicted molar refractivity (Wildman–Crippen MR) is 79.9 cm³/mol. The van der Waals surface area contributed by atoms with Crippen molar-refractivity contribution in [3.63, 3.8) is 0 Å². The van der Waals surface area contributed by atoms with E-state index in [-0.39, 0.29) is 6.04 Å². The molecule has 0 rings (SSSR count). The third-order valence-corrected chi connectivity index (χ3v) is 2.21. The Hall–Kier alpha value is -1.55. The molecule has 19 heavy (non-hydrogen) atoms. The fourth-order valence-electron chi connectivity index (χ4n) is 1.24. The van der Waals surface area contributed by atoms with Gasteiger partial charge in [-0.25, -0.2) is 4.79 Å². The maximum absolute atomic E-state index is 11.4. The topological polar surface area (TPSA) is 64.3 Å². The molecule has 0 heterocycles. The molecule has 1 unspecified atom stereocenters. The highest BCUT2D eigenvalue weighted by Gasteiger charge is 2.15. The first-order valence-corrected chi connectivity index (χ1v) is 6.47. The van der Waals surface area contributed by atoms with E-state index in [0.717, 1.165) is 5.57 Å². The van der Waals surface area contributed by atoms with Gasteiger partial charge in [-0.15, -0.1) is 0 Å². The summed E-state index contributed by atoms with van der Waals surface area (Å²) in [5.41, 5.74) is 6.30. The highest BCUT2D eigenvalue weighted by molar-refractivity contribution is 5.67. The minimum absolute atomic E-state index is 0.170. The van der Waals surface area contributed by atoms with Crippen LogP contribution in [-0.4, -0.2) is 24.3 Å². The van der Waals surface area contributed by atoms with Crippen LogP contribution in [0.3, 0.4) is 0 Å². The second kappa shape index (κ2) is 8.53. The van der Waals surface area contributed by atoms with E-state index >= 15 is 0 Å². The van der Waals surface area contributed by atoms with Crippen LogP contribution in [0.2, 0.25) is 0 Å². The summed E-state index contributed by atoms with van der Waals surface area (Å²) in [5, 5.41) is 2.67. The number of carbonyl (C=O) groups excluding carboxylic acids is 1. The van der Waals surface area contributed by atoms with Crippen LogP contribution >= 0.6 is 0 Å². The maximum atomic E-state index is 11.4. The molecular weight excluding hydrogens is 240 g/mol. The molecular formula is C15H26N2O2. The quantitative estimate of drug-likeness (QED) is 0.726. The Morgan fingerprint density at radius 3 is 2.58 bits per heavy atom. The lowest BCUT2D eigenvalue weighted by Crippen LogP contribution is -2.35. The zero-order valence-corrected chi connectivity index (χ0v) is 12.4. The van der Waals surface area contributed by atoms with Gasteiger partial charge in [0.1, 0.15) is 5.60 Å². The second-order valence-electron chi connectivity index (χ2n) is 5.28. The second-order valence-corrected chi connectivity index (χ2v) is 5.28. The van der Waals surface area contributed by atoms with E-state index in [9.17, 15) is 4.79 Å². The number of alkyl carbamates (subject to hydrolysis) is 1. The van der Waals surface area contributed by atoms with Gasteiger partial charge >= 0.3 is 6.09 Å². The van der Waals surface area contributed by atoms with Crippen molar-refractivity contribution >= 4 is 6.09 Å². The molecule has 108 valence electrons. The van der Waals surface area contributed by atoms with E-state index < -0.39 is 11.7 Å². The van der Waals surface area contributed by atoms with Crippen LogP contribution in [0, 0.1) is 0 Å². The minimum Gasteiger partial charge on any atom is -0.444 e. The summed E-state index contributed by atoms with van der Waals surface area (Å²) in [6.45, 7) is 11.8. The number of nitrogens with one attached hydrogen (secondary N) is 1. The highest BCUT2D eigenvalue weighted by Crippen LogP contribution is 2.07. The van der Waals surface area contributed by atoms with Gasteiger partial charge in [0.2, 0.25) is 0 Å². The zero-order valence-electron chi connectivity index (χ0n) is 12.4. The largest absolute Gasteiger partial charge is 0.444 e. The fraction of sp³-hybridized carbons (Fsp3) is 0.533. The number of carbonyl (C=O) groups is 1. The van der Waals surface area contributed by atoms with Crippen molar-refractivity contribution in [1.82, 2.24) is 5.32 Å². The van der Waals surface area contributed by atoms with E-state index in [1.54, 1.807) is 0 Å². The molecule has 0 aromatic rings. The number of amides is 1. The predicted octanol–water partition coefficient (Wildman–Crippen LogP) is 2.92. The minimum atomic E-state index is -0.481. The Morgan fingerprint density at radius 1 is 1.42 bits per heavy atom. The summed E-state index contributed by atoms with van der Waals surface area (Å²) in [6.07, 6.45) is 7.81. The molecule has 1 atom stereocenters. The average molecular weight is 266 g/mol. The summed E-state index contributed by atoms with van der Waals surface area (Å²) in [6, 6.07) is -0.170. The van der Waals surface area contributed by atoms with Gasteiger partial charge in [-0.1, -0.05) is 30.9 Å². The van der Waals surface area contributed by atoms with Gasteiger partial charge in [0.15, 0.2) is 0 Å². The molecule has 0 saturated heterocycles. The van der Waals surface area contributed by atoms with Crippen molar-refractivity contribution in [2.45, 2.75) is 45.8 Å². The van der Waals surface area contributed by atoms with Gasteiger partial charge in [-0.2, -0.15) is 0 Å². The highest BCUT2D eigenvalue weighted by atomic mass is 16.6. The molecule has 4 nitrogen and oxygen atoms in total. The number of allylic oxidation sites excluding steroid dienone is 3. The molecule has 0 aliphatic carbocycles. The summed E-state index contributed by atoms with van der Waals surface area (Å²) < 4.78 is 5.12. The van der Waals surface area contributed by atoms with Gasteiger partial charge in [-0.3, -0.25) is 0 Å². The Labute approximate surface area is 116 Å². The zero-order chi connectivity index (χ0) is 14.9. The Morgan fingerprint density at radius 2 is 2.05 bits per heavy atom. The first-order valence-electron chi connectivity index (χ1n) is 6.47. The average Bonchev–Trinajstić information content (AvgIpc) is 2.26. The molecule has 0 radical (unpaired) electrons. The van der Waals surface area contributed by atoms with Crippen LogP contribution in [0.1, 0.15) is 34.1 Å². The molecule has 0 aromatic heterocycles. The lowest BCUT2D eigenvalue weighted by Gasteiger charge is -2.20. The maximum Gasteiger partial charge on any atom is 0.407 e. The third-order valence-electron chi connectivity index (χ3n) is 2.21. The van der Waals surface area contributed by atoms with Crippen LogP contribution in [0.15, 0.2) is 36.5 Å². The number of hydrogen-bond donors (Lipinski definition) is 2. The first kappa shape index (κ1) is 17.4. The van der Waals surface area contributed by atoms with Gasteiger partial charge in [0.25, 0.3) is 0 Å². The van der Waals surface area contributed by atoms with Crippen LogP contribution in [0.25, 0.3) is 0 Å². The Bertz CT molecular complexity index is 352. The molecule has 4 heteroatoms. The van der Waals surface area contributed by atoms with Crippen LogP contribution in [-0.2, 0) is 4.74 Å². The normalized spacial score (nSPS) is 13.7. The SMILES string of the molecule is C=C(/C=C\C=C/C)C(N)CCNC(=O)OC(C)(C)C. The van der Waals surface area contributed by atoms with Crippen molar-refractivity contribution < 1.29 is 9.53 Å². The smallest absolute Gasteiger partial charge is 0.407 e. The Kier molecular flexibility index (Phi) is 7.84. The molecule has 0 bridgehead atoms. The lowest BCUT2D eigenvalue weighted by molar-refractivity contribution is 0.0527.